The molecule has 0 heterocycles. The van der Waals surface area contributed by atoms with E-state index < -0.39 is 11.9 Å². The maximum atomic E-state index is 10.7. The molecule has 80 valence electrons. The van der Waals surface area contributed by atoms with Crippen LogP contribution >= 0.6 is 0 Å². The van der Waals surface area contributed by atoms with Crippen LogP contribution < -0.4 is 0 Å². The van der Waals surface area contributed by atoms with Gasteiger partial charge in [0.1, 0.15) is 6.61 Å². The summed E-state index contributed by atoms with van der Waals surface area (Å²) in [5.41, 5.74) is 2.92. The number of carbonyl (C=O) groups is 2. The second-order valence-electron chi connectivity index (χ2n) is 3.24. The molecule has 1 aromatic carbocycles. The molecule has 0 spiro atoms. The highest BCUT2D eigenvalue weighted by Crippen LogP contribution is 2.13. The summed E-state index contributed by atoms with van der Waals surface area (Å²) in [5, 5.41) is 8.31. The van der Waals surface area contributed by atoms with Crippen LogP contribution in [0.15, 0.2) is 18.2 Å². The monoisotopic (exact) mass is 208 g/mol. The van der Waals surface area contributed by atoms with Gasteiger partial charge in [-0.1, -0.05) is 18.2 Å². The first-order valence-electron chi connectivity index (χ1n) is 4.47. The Hall–Kier alpha value is -1.84. The molecule has 0 aliphatic carbocycles. The molecule has 1 rings (SSSR count). The molecule has 0 aliphatic rings. The number of carboxylic acid groups (broad SMARTS) is 1. The Kier molecular flexibility index (Phi) is 3.44. The predicted octanol–water partition coefficient (Wildman–Crippen LogP) is 1.43. The van der Waals surface area contributed by atoms with Crippen LogP contribution in [-0.2, 0) is 20.9 Å². The molecule has 0 unspecified atom stereocenters. The zero-order chi connectivity index (χ0) is 11.4. The van der Waals surface area contributed by atoms with E-state index >= 15 is 0 Å². The molecule has 0 radical (unpaired) electrons. The van der Waals surface area contributed by atoms with Gasteiger partial charge in [-0.25, -0.2) is 9.59 Å². The molecule has 0 aliphatic heterocycles. The van der Waals surface area contributed by atoms with Crippen LogP contribution in [0.25, 0.3) is 0 Å². The molecular weight excluding hydrogens is 196 g/mol. The number of carbonyl (C=O) groups excluding carboxylic acids is 1. The van der Waals surface area contributed by atoms with Crippen molar-refractivity contribution in [2.75, 3.05) is 0 Å². The van der Waals surface area contributed by atoms with Crippen molar-refractivity contribution in [3.8, 4) is 0 Å². The minimum atomic E-state index is -1.57. The normalized spacial score (nSPS) is 9.73. The predicted molar refractivity (Wildman–Crippen MR) is 53.3 cm³/mol. The number of hydrogen-bond acceptors (Lipinski definition) is 3. The minimum absolute atomic E-state index is 0.00134. The van der Waals surface area contributed by atoms with E-state index in [9.17, 15) is 9.59 Å². The fourth-order valence-electron chi connectivity index (χ4n) is 1.17. The van der Waals surface area contributed by atoms with Crippen LogP contribution in [0.4, 0.5) is 0 Å². The van der Waals surface area contributed by atoms with Crippen LogP contribution in [0.3, 0.4) is 0 Å². The van der Waals surface area contributed by atoms with E-state index in [2.05, 4.69) is 4.74 Å². The Labute approximate surface area is 87.5 Å². The van der Waals surface area contributed by atoms with Crippen LogP contribution in [0, 0.1) is 13.8 Å². The average Bonchev–Trinajstić information content (AvgIpc) is 2.19. The summed E-state index contributed by atoms with van der Waals surface area (Å²) in [7, 11) is 0. The van der Waals surface area contributed by atoms with E-state index in [0.717, 1.165) is 16.7 Å². The number of carboxylic acids is 1. The Morgan fingerprint density at radius 3 is 2.60 bits per heavy atom. The number of rotatable bonds is 2. The van der Waals surface area contributed by atoms with Gasteiger partial charge in [-0.2, -0.15) is 0 Å². The highest BCUT2D eigenvalue weighted by atomic mass is 16.6. The minimum Gasteiger partial charge on any atom is -0.473 e. The fourth-order valence-corrected chi connectivity index (χ4v) is 1.17. The second-order valence-corrected chi connectivity index (χ2v) is 3.24. The van der Waals surface area contributed by atoms with Gasteiger partial charge in [0.05, 0.1) is 0 Å². The van der Waals surface area contributed by atoms with Crippen molar-refractivity contribution in [1.29, 1.82) is 0 Å². The summed E-state index contributed by atoms with van der Waals surface area (Å²) in [4.78, 5) is 20.9. The van der Waals surface area contributed by atoms with E-state index in [-0.39, 0.29) is 6.61 Å². The van der Waals surface area contributed by atoms with Crippen LogP contribution in [0.5, 0.6) is 0 Å². The lowest BCUT2D eigenvalue weighted by Gasteiger charge is -2.07. The van der Waals surface area contributed by atoms with Gasteiger partial charge in [0, 0.05) is 0 Å². The summed E-state index contributed by atoms with van der Waals surface area (Å²) < 4.78 is 4.59. The number of hydrogen-bond donors (Lipinski definition) is 1. The van der Waals surface area contributed by atoms with Gasteiger partial charge in [-0.3, -0.25) is 0 Å². The highest BCUT2D eigenvalue weighted by Gasteiger charge is 2.13. The summed E-state index contributed by atoms with van der Waals surface area (Å²) in [5.74, 6) is -2.80. The molecule has 1 N–H and O–H groups in total. The standard InChI is InChI=1S/C11H12O4/c1-7-4-3-5-9(8(7)2)6-15-11(14)10(12)13/h3-5H,6H2,1-2H3,(H,12,13). The fraction of sp³-hybridized carbons (Fsp3) is 0.273. The van der Waals surface area contributed by atoms with Crippen molar-refractivity contribution in [3.05, 3.63) is 34.9 Å². The SMILES string of the molecule is Cc1cccc(COC(=O)C(=O)O)c1C. The van der Waals surface area contributed by atoms with Crippen molar-refractivity contribution in [2.45, 2.75) is 20.5 Å². The lowest BCUT2D eigenvalue weighted by molar-refractivity contribution is -0.164. The number of esters is 1. The van der Waals surface area contributed by atoms with Crippen LogP contribution in [-0.4, -0.2) is 17.0 Å². The number of ether oxygens (including phenoxy) is 1. The molecule has 0 aromatic heterocycles. The Morgan fingerprint density at radius 1 is 1.33 bits per heavy atom. The van der Waals surface area contributed by atoms with E-state index in [1.165, 1.54) is 0 Å². The van der Waals surface area contributed by atoms with Crippen molar-refractivity contribution in [3.63, 3.8) is 0 Å². The topological polar surface area (TPSA) is 63.6 Å². The van der Waals surface area contributed by atoms with E-state index in [1.54, 1.807) is 6.07 Å². The van der Waals surface area contributed by atoms with E-state index in [4.69, 9.17) is 5.11 Å². The smallest absolute Gasteiger partial charge is 0.417 e. The summed E-state index contributed by atoms with van der Waals surface area (Å²) >= 11 is 0. The first kappa shape index (κ1) is 11.2. The molecule has 15 heavy (non-hydrogen) atoms. The molecule has 4 nitrogen and oxygen atoms in total. The van der Waals surface area contributed by atoms with E-state index in [1.807, 2.05) is 26.0 Å². The highest BCUT2D eigenvalue weighted by molar-refractivity contribution is 6.28. The maximum absolute atomic E-state index is 10.7. The van der Waals surface area contributed by atoms with Gasteiger partial charge in [0.15, 0.2) is 0 Å². The zero-order valence-electron chi connectivity index (χ0n) is 8.61. The largest absolute Gasteiger partial charge is 0.473 e. The summed E-state index contributed by atoms with van der Waals surface area (Å²) in [6.07, 6.45) is 0. The molecule has 0 atom stereocenters. The average molecular weight is 208 g/mol. The number of benzene rings is 1. The van der Waals surface area contributed by atoms with Gasteiger partial charge in [-0.05, 0) is 30.5 Å². The van der Waals surface area contributed by atoms with Crippen molar-refractivity contribution < 1.29 is 19.4 Å². The first-order valence-corrected chi connectivity index (χ1v) is 4.47. The quantitative estimate of drug-likeness (QED) is 0.590. The molecular formula is C11H12O4. The third-order valence-electron chi connectivity index (χ3n) is 2.25. The summed E-state index contributed by atoms with van der Waals surface area (Å²) in [6, 6.07) is 5.58. The van der Waals surface area contributed by atoms with Gasteiger partial charge < -0.3 is 9.84 Å². The van der Waals surface area contributed by atoms with Crippen molar-refractivity contribution in [2.24, 2.45) is 0 Å². The summed E-state index contributed by atoms with van der Waals surface area (Å²) in [6.45, 7) is 3.84. The number of aliphatic carboxylic acids is 1. The van der Waals surface area contributed by atoms with Crippen LogP contribution in [0.2, 0.25) is 0 Å². The molecule has 0 fully saturated rings. The number of aryl methyl sites for hydroxylation is 1. The third-order valence-corrected chi connectivity index (χ3v) is 2.25. The van der Waals surface area contributed by atoms with Crippen molar-refractivity contribution in [1.82, 2.24) is 0 Å². The lowest BCUT2D eigenvalue weighted by atomic mass is 10.0. The molecule has 0 saturated carbocycles. The third kappa shape index (κ3) is 2.80. The van der Waals surface area contributed by atoms with Gasteiger partial charge >= 0.3 is 11.9 Å². The van der Waals surface area contributed by atoms with E-state index in [0.29, 0.717) is 0 Å². The van der Waals surface area contributed by atoms with Gasteiger partial charge in [0.25, 0.3) is 0 Å². The molecule has 0 saturated heterocycles. The maximum Gasteiger partial charge on any atom is 0.417 e. The van der Waals surface area contributed by atoms with Gasteiger partial charge in [-0.15, -0.1) is 0 Å². The Balaban J connectivity index is 2.70. The first-order chi connectivity index (χ1) is 7.02. The molecule has 1 aromatic rings. The lowest BCUT2D eigenvalue weighted by Crippen LogP contribution is -2.16. The van der Waals surface area contributed by atoms with Crippen molar-refractivity contribution >= 4 is 11.9 Å². The van der Waals surface area contributed by atoms with Gasteiger partial charge in [0.2, 0.25) is 0 Å². The Morgan fingerprint density at radius 2 is 2.00 bits per heavy atom. The molecule has 4 heteroatoms. The molecule has 0 amide bonds. The second kappa shape index (κ2) is 4.59. The Bertz CT molecular complexity index is 396. The molecule has 0 bridgehead atoms. The zero-order valence-corrected chi connectivity index (χ0v) is 8.61. The van der Waals surface area contributed by atoms with Crippen LogP contribution in [0.1, 0.15) is 16.7 Å².